The molecule has 10 nitrogen and oxygen atoms in total. The number of carbonyl (C=O) groups is 2. The number of aryl methyl sites for hydroxylation is 1. The Labute approximate surface area is 192 Å². The number of aromatic nitrogens is 1. The number of sulfonamides is 1. The number of piperidine rings is 2. The second kappa shape index (κ2) is 9.30. The second-order valence-corrected chi connectivity index (χ2v) is 10.6. The summed E-state index contributed by atoms with van der Waals surface area (Å²) in [5, 5.41) is 0. The SMILES string of the molecule is CCOC(=O)[C@@H]1CCCN(C(=O)[C@@H]2CCCN(S(=O)(=O)c3ccc4c(c3)oc(=O)n4C)C2)C1. The van der Waals surface area contributed by atoms with Crippen molar-refractivity contribution in [2.75, 3.05) is 32.8 Å². The number of esters is 1. The van der Waals surface area contributed by atoms with Crippen LogP contribution in [0.2, 0.25) is 0 Å². The molecule has 0 bridgehead atoms. The summed E-state index contributed by atoms with van der Waals surface area (Å²) < 4.78 is 39.5. The van der Waals surface area contributed by atoms with Gasteiger partial charge in [0.25, 0.3) is 0 Å². The first-order valence-corrected chi connectivity index (χ1v) is 12.7. The average molecular weight is 480 g/mol. The van der Waals surface area contributed by atoms with Gasteiger partial charge in [-0.1, -0.05) is 0 Å². The summed E-state index contributed by atoms with van der Waals surface area (Å²) in [4.78, 5) is 38.8. The van der Waals surface area contributed by atoms with Crippen molar-refractivity contribution in [2.24, 2.45) is 18.9 Å². The summed E-state index contributed by atoms with van der Waals surface area (Å²) in [7, 11) is -2.32. The number of hydrogen-bond donors (Lipinski definition) is 0. The van der Waals surface area contributed by atoms with E-state index < -0.39 is 21.7 Å². The molecule has 0 radical (unpaired) electrons. The first-order valence-electron chi connectivity index (χ1n) is 11.3. The van der Waals surface area contributed by atoms with Gasteiger partial charge in [0.2, 0.25) is 15.9 Å². The summed E-state index contributed by atoms with van der Waals surface area (Å²) in [6.07, 6.45) is 2.56. The molecule has 0 unspecified atom stereocenters. The van der Waals surface area contributed by atoms with Crippen LogP contribution < -0.4 is 5.76 Å². The molecule has 2 saturated heterocycles. The highest BCUT2D eigenvalue weighted by atomic mass is 32.2. The number of benzene rings is 1. The van der Waals surface area contributed by atoms with Crippen LogP contribution >= 0.6 is 0 Å². The Balaban J connectivity index is 1.49. The van der Waals surface area contributed by atoms with Gasteiger partial charge in [0.1, 0.15) is 0 Å². The van der Waals surface area contributed by atoms with E-state index in [0.29, 0.717) is 57.4 Å². The fourth-order valence-corrected chi connectivity index (χ4v) is 6.21. The van der Waals surface area contributed by atoms with E-state index in [1.807, 2.05) is 0 Å². The number of oxazole rings is 1. The molecule has 33 heavy (non-hydrogen) atoms. The van der Waals surface area contributed by atoms with E-state index in [1.54, 1.807) is 24.9 Å². The van der Waals surface area contributed by atoms with Crippen LogP contribution in [0.3, 0.4) is 0 Å². The van der Waals surface area contributed by atoms with Gasteiger partial charge in [0.15, 0.2) is 5.58 Å². The van der Waals surface area contributed by atoms with Gasteiger partial charge in [-0.25, -0.2) is 13.2 Å². The molecule has 2 aliphatic rings. The zero-order valence-electron chi connectivity index (χ0n) is 18.9. The Morgan fingerprint density at radius 2 is 1.85 bits per heavy atom. The van der Waals surface area contributed by atoms with E-state index in [4.69, 9.17) is 9.15 Å². The topological polar surface area (TPSA) is 119 Å². The highest BCUT2D eigenvalue weighted by Gasteiger charge is 2.37. The summed E-state index contributed by atoms with van der Waals surface area (Å²) in [6.45, 7) is 3.32. The van der Waals surface area contributed by atoms with Gasteiger partial charge in [-0.3, -0.25) is 14.2 Å². The first kappa shape index (κ1) is 23.5. The first-order chi connectivity index (χ1) is 15.7. The molecule has 2 aliphatic heterocycles. The smallest absolute Gasteiger partial charge is 0.419 e. The van der Waals surface area contributed by atoms with Crippen molar-refractivity contribution < 1.29 is 27.2 Å². The zero-order chi connectivity index (χ0) is 23.8. The molecule has 1 amide bonds. The van der Waals surface area contributed by atoms with Gasteiger partial charge in [-0.2, -0.15) is 4.31 Å². The van der Waals surface area contributed by atoms with E-state index in [1.165, 1.54) is 21.0 Å². The summed E-state index contributed by atoms with van der Waals surface area (Å²) in [5.74, 6) is -1.77. The molecule has 11 heteroatoms. The van der Waals surface area contributed by atoms with Crippen molar-refractivity contribution in [3.8, 4) is 0 Å². The minimum atomic E-state index is -3.87. The van der Waals surface area contributed by atoms with Crippen LogP contribution in [0.15, 0.2) is 32.3 Å². The molecule has 4 rings (SSSR count). The van der Waals surface area contributed by atoms with Crippen LogP contribution in [-0.4, -0.2) is 66.9 Å². The number of fused-ring (bicyclic) bond motifs is 1. The molecule has 1 aromatic heterocycles. The van der Waals surface area contributed by atoms with Crippen LogP contribution in [0.1, 0.15) is 32.6 Å². The maximum Gasteiger partial charge on any atom is 0.419 e. The maximum absolute atomic E-state index is 13.3. The predicted octanol–water partition coefficient (Wildman–Crippen LogP) is 1.33. The highest BCUT2D eigenvalue weighted by Crippen LogP contribution is 2.28. The van der Waals surface area contributed by atoms with E-state index in [0.717, 1.165) is 0 Å². The fraction of sp³-hybridized carbons (Fsp3) is 0.591. The number of carbonyl (C=O) groups excluding carboxylic acids is 2. The van der Waals surface area contributed by atoms with Gasteiger partial charge in [0.05, 0.1) is 28.9 Å². The Morgan fingerprint density at radius 1 is 1.12 bits per heavy atom. The van der Waals surface area contributed by atoms with Crippen LogP contribution in [0.25, 0.3) is 11.1 Å². The lowest BCUT2D eigenvalue weighted by atomic mass is 9.94. The Morgan fingerprint density at radius 3 is 2.61 bits per heavy atom. The molecule has 2 aromatic rings. The number of amides is 1. The summed E-state index contributed by atoms with van der Waals surface area (Å²) in [6, 6.07) is 4.35. The molecule has 180 valence electrons. The van der Waals surface area contributed by atoms with Crippen molar-refractivity contribution in [3.63, 3.8) is 0 Å². The van der Waals surface area contributed by atoms with Gasteiger partial charge in [0, 0.05) is 39.3 Å². The van der Waals surface area contributed by atoms with Crippen molar-refractivity contribution in [1.29, 1.82) is 0 Å². The molecule has 0 spiro atoms. The number of nitrogens with zero attached hydrogens (tertiary/aromatic N) is 3. The molecular weight excluding hydrogens is 450 g/mol. The molecule has 2 fully saturated rings. The van der Waals surface area contributed by atoms with Crippen molar-refractivity contribution in [2.45, 2.75) is 37.5 Å². The minimum absolute atomic E-state index is 0.0257. The third-order valence-electron chi connectivity index (χ3n) is 6.49. The summed E-state index contributed by atoms with van der Waals surface area (Å²) >= 11 is 0. The van der Waals surface area contributed by atoms with Crippen molar-refractivity contribution >= 4 is 33.0 Å². The van der Waals surface area contributed by atoms with E-state index in [9.17, 15) is 22.8 Å². The minimum Gasteiger partial charge on any atom is -0.466 e. The third-order valence-corrected chi connectivity index (χ3v) is 8.35. The Kier molecular flexibility index (Phi) is 6.62. The molecule has 0 N–H and O–H groups in total. The highest BCUT2D eigenvalue weighted by molar-refractivity contribution is 7.89. The molecular formula is C22H29N3O7S. The zero-order valence-corrected chi connectivity index (χ0v) is 19.7. The summed E-state index contributed by atoms with van der Waals surface area (Å²) in [5.41, 5.74) is 0.707. The predicted molar refractivity (Wildman–Crippen MR) is 119 cm³/mol. The van der Waals surface area contributed by atoms with E-state index in [2.05, 4.69) is 0 Å². The van der Waals surface area contributed by atoms with Crippen LogP contribution in [0.5, 0.6) is 0 Å². The van der Waals surface area contributed by atoms with Gasteiger partial charge < -0.3 is 14.1 Å². The number of likely N-dealkylation sites (tertiary alicyclic amines) is 1. The number of hydrogen-bond acceptors (Lipinski definition) is 7. The van der Waals surface area contributed by atoms with Crippen molar-refractivity contribution in [1.82, 2.24) is 13.8 Å². The second-order valence-electron chi connectivity index (χ2n) is 8.63. The quantitative estimate of drug-likeness (QED) is 0.594. The Bertz CT molecular complexity index is 1220. The van der Waals surface area contributed by atoms with Crippen LogP contribution in [-0.2, 0) is 31.4 Å². The third kappa shape index (κ3) is 4.56. The number of rotatable bonds is 5. The van der Waals surface area contributed by atoms with Crippen LogP contribution in [0.4, 0.5) is 0 Å². The molecule has 0 saturated carbocycles. The van der Waals surface area contributed by atoms with E-state index in [-0.39, 0.29) is 34.8 Å². The van der Waals surface area contributed by atoms with Gasteiger partial charge >= 0.3 is 11.7 Å². The fourth-order valence-electron chi connectivity index (χ4n) is 4.67. The Hall–Kier alpha value is -2.66. The lowest BCUT2D eigenvalue weighted by Gasteiger charge is -2.37. The number of ether oxygens (including phenoxy) is 1. The van der Waals surface area contributed by atoms with Crippen molar-refractivity contribution in [3.05, 3.63) is 28.7 Å². The van der Waals surface area contributed by atoms with Crippen LogP contribution in [0, 0.1) is 11.8 Å². The molecule has 3 heterocycles. The largest absolute Gasteiger partial charge is 0.466 e. The monoisotopic (exact) mass is 479 g/mol. The average Bonchev–Trinajstić information content (AvgIpc) is 3.11. The molecule has 1 aromatic carbocycles. The standard InChI is InChI=1S/C22H29N3O7S/c1-3-31-21(27)16-7-4-10-24(13-16)20(26)15-6-5-11-25(14-15)33(29,30)17-8-9-18-19(12-17)32-22(28)23(18)2/h8-9,12,15-16H,3-7,10-11,13-14H2,1-2H3/t15-,16-/m1/s1. The lowest BCUT2D eigenvalue weighted by Crippen LogP contribution is -2.50. The normalized spacial score (nSPS) is 22.4. The van der Waals surface area contributed by atoms with E-state index >= 15 is 0 Å². The molecule has 2 atom stereocenters. The van der Waals surface area contributed by atoms with Gasteiger partial charge in [-0.15, -0.1) is 0 Å². The lowest BCUT2D eigenvalue weighted by molar-refractivity contribution is -0.152. The van der Waals surface area contributed by atoms with Gasteiger partial charge in [-0.05, 0) is 44.7 Å². The maximum atomic E-state index is 13.3. The molecule has 0 aliphatic carbocycles.